The quantitative estimate of drug-likeness (QED) is 0.879. The molecule has 4 nitrogen and oxygen atoms in total. The number of benzene rings is 1. The van der Waals surface area contributed by atoms with E-state index in [4.69, 9.17) is 0 Å². The van der Waals surface area contributed by atoms with Gasteiger partial charge in [0.25, 0.3) is 0 Å². The van der Waals surface area contributed by atoms with Crippen LogP contribution in [0.4, 0.5) is 11.5 Å². The molecule has 2 heterocycles. The van der Waals surface area contributed by atoms with Crippen LogP contribution >= 0.6 is 0 Å². The topological polar surface area (TPSA) is 45.2 Å². The summed E-state index contributed by atoms with van der Waals surface area (Å²) < 4.78 is 0. The maximum Gasteiger partial charge on any atom is 0.214 e. The molecule has 114 valence electrons. The van der Waals surface area contributed by atoms with Crippen molar-refractivity contribution in [1.82, 2.24) is 4.98 Å². The molecule has 1 aromatic heterocycles. The Hall–Kier alpha value is -2.36. The summed E-state index contributed by atoms with van der Waals surface area (Å²) in [5.41, 5.74) is 5.61. The second-order valence-electron chi connectivity index (χ2n) is 5.61. The van der Waals surface area contributed by atoms with Crippen LogP contribution in [0.15, 0.2) is 30.3 Å². The largest absolute Gasteiger partial charge is 0.370 e. The van der Waals surface area contributed by atoms with Crippen molar-refractivity contribution in [2.24, 2.45) is 0 Å². The number of anilines is 2. The number of carbonyl (C=O) groups is 1. The fourth-order valence-corrected chi connectivity index (χ4v) is 3.05. The van der Waals surface area contributed by atoms with E-state index in [-0.39, 0.29) is 0 Å². The standard InChI is InChI=1S/C18H21N3O/c1-3-19-18-9-7-16(13(2)20-18)14-6-8-17-15(11-14)5-4-10-21(17)12-22/h6-9,11-12H,3-5,10H2,1-2H3,(H,19,20). The van der Waals surface area contributed by atoms with Gasteiger partial charge in [-0.2, -0.15) is 0 Å². The highest BCUT2D eigenvalue weighted by molar-refractivity contribution is 5.80. The van der Waals surface area contributed by atoms with Gasteiger partial charge in [-0.15, -0.1) is 0 Å². The molecule has 0 saturated heterocycles. The van der Waals surface area contributed by atoms with Crippen LogP contribution < -0.4 is 10.2 Å². The van der Waals surface area contributed by atoms with E-state index in [1.807, 2.05) is 13.0 Å². The lowest BCUT2D eigenvalue weighted by molar-refractivity contribution is -0.107. The Morgan fingerprint density at radius 1 is 1.32 bits per heavy atom. The van der Waals surface area contributed by atoms with Crippen LogP contribution in [0.2, 0.25) is 0 Å². The molecule has 0 bridgehead atoms. The van der Waals surface area contributed by atoms with Gasteiger partial charge in [-0.1, -0.05) is 6.07 Å². The molecule has 0 unspecified atom stereocenters. The number of aryl methyl sites for hydroxylation is 2. The maximum atomic E-state index is 11.1. The summed E-state index contributed by atoms with van der Waals surface area (Å²) in [5, 5.41) is 3.23. The molecule has 0 spiro atoms. The third-order valence-electron chi connectivity index (χ3n) is 4.12. The van der Waals surface area contributed by atoms with Gasteiger partial charge in [-0.05, 0) is 62.1 Å². The molecule has 22 heavy (non-hydrogen) atoms. The van der Waals surface area contributed by atoms with Crippen molar-refractivity contribution < 1.29 is 4.79 Å². The van der Waals surface area contributed by atoms with Crippen LogP contribution in [-0.4, -0.2) is 24.5 Å². The van der Waals surface area contributed by atoms with Gasteiger partial charge in [0, 0.05) is 30.0 Å². The number of nitrogens with zero attached hydrogens (tertiary/aromatic N) is 2. The summed E-state index contributed by atoms with van der Waals surface area (Å²) in [4.78, 5) is 17.5. The molecule has 2 aromatic rings. The third kappa shape index (κ3) is 2.69. The summed E-state index contributed by atoms with van der Waals surface area (Å²) in [7, 11) is 0. The molecule has 0 atom stereocenters. The molecule has 4 heteroatoms. The van der Waals surface area contributed by atoms with Crippen molar-refractivity contribution in [2.45, 2.75) is 26.7 Å². The SMILES string of the molecule is CCNc1ccc(-c2ccc3c(c2)CCCN3C=O)c(C)n1. The summed E-state index contributed by atoms with van der Waals surface area (Å²) in [6.45, 7) is 5.78. The Morgan fingerprint density at radius 3 is 2.91 bits per heavy atom. The second kappa shape index (κ2) is 6.18. The molecule has 0 saturated carbocycles. The highest BCUT2D eigenvalue weighted by atomic mass is 16.1. The Morgan fingerprint density at radius 2 is 2.18 bits per heavy atom. The molecule has 1 N–H and O–H groups in total. The number of nitrogens with one attached hydrogen (secondary N) is 1. The lowest BCUT2D eigenvalue weighted by atomic mass is 9.96. The van der Waals surface area contributed by atoms with Gasteiger partial charge in [-0.25, -0.2) is 4.98 Å². The van der Waals surface area contributed by atoms with Crippen LogP contribution in [0.3, 0.4) is 0 Å². The minimum Gasteiger partial charge on any atom is -0.370 e. The maximum absolute atomic E-state index is 11.1. The Bertz CT molecular complexity index is 697. The minimum atomic E-state index is 0.813. The first-order valence-corrected chi connectivity index (χ1v) is 7.79. The Kier molecular flexibility index (Phi) is 4.09. The predicted molar refractivity (Wildman–Crippen MR) is 90.3 cm³/mol. The van der Waals surface area contributed by atoms with E-state index in [0.717, 1.165) is 55.1 Å². The molecule has 0 aliphatic carbocycles. The van der Waals surface area contributed by atoms with E-state index < -0.39 is 0 Å². The number of aromatic nitrogens is 1. The fraction of sp³-hybridized carbons (Fsp3) is 0.333. The van der Waals surface area contributed by atoms with Crippen molar-refractivity contribution in [3.8, 4) is 11.1 Å². The first kappa shape index (κ1) is 14.6. The van der Waals surface area contributed by atoms with Crippen LogP contribution in [0.25, 0.3) is 11.1 Å². The molecular weight excluding hydrogens is 274 g/mol. The first-order chi connectivity index (χ1) is 10.7. The van der Waals surface area contributed by atoms with Gasteiger partial charge in [0.2, 0.25) is 6.41 Å². The third-order valence-corrected chi connectivity index (χ3v) is 4.12. The average Bonchev–Trinajstić information content (AvgIpc) is 2.54. The van der Waals surface area contributed by atoms with E-state index in [9.17, 15) is 4.79 Å². The lowest BCUT2D eigenvalue weighted by Gasteiger charge is -2.26. The number of hydrogen-bond donors (Lipinski definition) is 1. The van der Waals surface area contributed by atoms with Gasteiger partial charge in [0.1, 0.15) is 5.82 Å². The summed E-state index contributed by atoms with van der Waals surface area (Å²) >= 11 is 0. The molecule has 1 aliphatic heterocycles. The van der Waals surface area contributed by atoms with Crippen LogP contribution in [0.5, 0.6) is 0 Å². The predicted octanol–water partition coefficient (Wildman–Crippen LogP) is 3.40. The fourth-order valence-electron chi connectivity index (χ4n) is 3.05. The van der Waals surface area contributed by atoms with Crippen molar-refractivity contribution in [3.63, 3.8) is 0 Å². The lowest BCUT2D eigenvalue weighted by Crippen LogP contribution is -2.27. The zero-order valence-electron chi connectivity index (χ0n) is 13.1. The van der Waals surface area contributed by atoms with E-state index in [1.165, 1.54) is 11.1 Å². The van der Waals surface area contributed by atoms with Crippen molar-refractivity contribution >= 4 is 17.9 Å². The van der Waals surface area contributed by atoms with Crippen LogP contribution in [-0.2, 0) is 11.2 Å². The first-order valence-electron chi connectivity index (χ1n) is 7.79. The molecule has 1 aliphatic rings. The number of hydrogen-bond acceptors (Lipinski definition) is 3. The van der Waals surface area contributed by atoms with Crippen LogP contribution in [0, 0.1) is 6.92 Å². The number of carbonyl (C=O) groups excluding carboxylic acids is 1. The highest BCUT2D eigenvalue weighted by Gasteiger charge is 2.17. The van der Waals surface area contributed by atoms with Crippen LogP contribution in [0.1, 0.15) is 24.6 Å². The molecule has 1 aromatic carbocycles. The zero-order chi connectivity index (χ0) is 15.5. The van der Waals surface area contributed by atoms with Gasteiger partial charge in [-0.3, -0.25) is 4.79 Å². The number of pyridine rings is 1. The Labute approximate surface area is 131 Å². The Balaban J connectivity index is 1.97. The van der Waals surface area contributed by atoms with Crippen molar-refractivity contribution in [2.75, 3.05) is 23.3 Å². The van der Waals surface area contributed by atoms with Gasteiger partial charge < -0.3 is 10.2 Å². The molecule has 0 fully saturated rings. The number of amides is 1. The monoisotopic (exact) mass is 295 g/mol. The zero-order valence-corrected chi connectivity index (χ0v) is 13.1. The van der Waals surface area contributed by atoms with Crippen molar-refractivity contribution in [3.05, 3.63) is 41.6 Å². The van der Waals surface area contributed by atoms with E-state index in [2.05, 4.69) is 41.5 Å². The molecule has 3 rings (SSSR count). The van der Waals surface area contributed by atoms with Gasteiger partial charge in [0.05, 0.1) is 0 Å². The summed E-state index contributed by atoms with van der Waals surface area (Å²) in [6, 6.07) is 10.5. The smallest absolute Gasteiger partial charge is 0.214 e. The van der Waals surface area contributed by atoms with E-state index >= 15 is 0 Å². The van der Waals surface area contributed by atoms with Gasteiger partial charge in [0.15, 0.2) is 0 Å². The summed E-state index contributed by atoms with van der Waals surface area (Å²) in [5.74, 6) is 0.911. The molecule has 0 radical (unpaired) electrons. The number of fused-ring (bicyclic) bond motifs is 1. The average molecular weight is 295 g/mol. The van der Waals surface area contributed by atoms with Crippen molar-refractivity contribution in [1.29, 1.82) is 0 Å². The minimum absolute atomic E-state index is 0.813. The number of rotatable bonds is 4. The van der Waals surface area contributed by atoms with E-state index in [0.29, 0.717) is 0 Å². The highest BCUT2D eigenvalue weighted by Crippen LogP contribution is 2.32. The molecular formula is C18H21N3O. The van der Waals surface area contributed by atoms with Gasteiger partial charge >= 0.3 is 0 Å². The van der Waals surface area contributed by atoms with E-state index in [1.54, 1.807) is 4.90 Å². The second-order valence-corrected chi connectivity index (χ2v) is 5.61. The molecule has 1 amide bonds. The summed E-state index contributed by atoms with van der Waals surface area (Å²) in [6.07, 6.45) is 2.97. The normalized spacial score (nSPS) is 13.6.